The van der Waals surface area contributed by atoms with E-state index in [9.17, 15) is 10.1 Å². The van der Waals surface area contributed by atoms with E-state index in [-0.39, 0.29) is 12.2 Å². The van der Waals surface area contributed by atoms with Crippen LogP contribution in [0.5, 0.6) is 0 Å². The molecule has 0 N–H and O–H groups in total. The van der Waals surface area contributed by atoms with Crippen LogP contribution in [0, 0.1) is 11.3 Å². The van der Waals surface area contributed by atoms with Crippen molar-refractivity contribution in [3.63, 3.8) is 0 Å². The Kier molecular flexibility index (Phi) is 5.56. The minimum atomic E-state index is -0.663. The molecule has 5 nitrogen and oxygen atoms in total. The molecule has 2 aromatic rings. The summed E-state index contributed by atoms with van der Waals surface area (Å²) in [6.07, 6.45) is 1.77. The van der Waals surface area contributed by atoms with Crippen LogP contribution in [-0.2, 0) is 20.7 Å². The molecule has 1 atom stereocenters. The minimum Gasteiger partial charge on any atom is -0.460 e. The van der Waals surface area contributed by atoms with Gasteiger partial charge >= 0.3 is 5.97 Å². The second-order valence-corrected chi connectivity index (χ2v) is 5.13. The summed E-state index contributed by atoms with van der Waals surface area (Å²) in [5.74, 6) is 0.0704. The van der Waals surface area contributed by atoms with Crippen molar-refractivity contribution in [2.45, 2.75) is 26.4 Å². The van der Waals surface area contributed by atoms with Gasteiger partial charge in [0.25, 0.3) is 0 Å². The van der Waals surface area contributed by atoms with E-state index in [2.05, 4.69) is 0 Å². The quantitative estimate of drug-likeness (QED) is 0.464. The Balaban J connectivity index is 2.38. The van der Waals surface area contributed by atoms with Crippen molar-refractivity contribution < 1.29 is 18.7 Å². The number of aryl methyl sites for hydroxylation is 1. The highest BCUT2D eigenvalue weighted by Gasteiger charge is 2.18. The summed E-state index contributed by atoms with van der Waals surface area (Å²) in [6, 6.07) is 9.43. The summed E-state index contributed by atoms with van der Waals surface area (Å²) in [7, 11) is 1.52. The van der Waals surface area contributed by atoms with E-state index in [1.165, 1.54) is 13.2 Å². The van der Waals surface area contributed by atoms with Crippen LogP contribution in [0.4, 0.5) is 0 Å². The highest BCUT2D eigenvalue weighted by Crippen LogP contribution is 2.28. The van der Waals surface area contributed by atoms with Gasteiger partial charge in [0.05, 0.1) is 6.61 Å². The molecule has 0 fully saturated rings. The largest absolute Gasteiger partial charge is 0.460 e. The normalized spacial score (nSPS) is 12.9. The van der Waals surface area contributed by atoms with E-state index in [4.69, 9.17) is 13.9 Å². The molecular formula is C18H19NO4. The highest BCUT2D eigenvalue weighted by molar-refractivity contribution is 6.01. The molecule has 0 aliphatic carbocycles. The van der Waals surface area contributed by atoms with Crippen molar-refractivity contribution >= 4 is 23.0 Å². The fraction of sp³-hybridized carbons (Fsp3) is 0.333. The first kappa shape index (κ1) is 16.8. The number of fused-ring (bicyclic) bond motifs is 1. The van der Waals surface area contributed by atoms with Crippen LogP contribution >= 0.6 is 0 Å². The number of para-hydroxylation sites is 1. The average Bonchev–Trinajstić information content (AvgIpc) is 2.90. The number of nitriles is 1. The van der Waals surface area contributed by atoms with Gasteiger partial charge in [-0.05, 0) is 19.1 Å². The Morgan fingerprint density at radius 3 is 2.83 bits per heavy atom. The third kappa shape index (κ3) is 3.79. The fourth-order valence-corrected chi connectivity index (χ4v) is 2.33. The van der Waals surface area contributed by atoms with Crippen molar-refractivity contribution in [1.82, 2.24) is 0 Å². The molecule has 5 heteroatoms. The fourth-order valence-electron chi connectivity index (χ4n) is 2.33. The molecule has 0 radical (unpaired) electrons. The number of methoxy groups -OCH3 is 1. The molecule has 0 aliphatic rings. The van der Waals surface area contributed by atoms with Gasteiger partial charge in [-0.25, -0.2) is 4.79 Å². The monoisotopic (exact) mass is 313 g/mol. The summed E-state index contributed by atoms with van der Waals surface area (Å²) in [4.78, 5) is 12.1. The first-order valence-electron chi connectivity index (χ1n) is 7.42. The Hall–Kier alpha value is -2.58. The maximum Gasteiger partial charge on any atom is 0.349 e. The second-order valence-electron chi connectivity index (χ2n) is 5.13. The number of furan rings is 1. The van der Waals surface area contributed by atoms with E-state index in [1.54, 1.807) is 6.92 Å². The number of carbonyl (C=O) groups is 1. The number of hydrogen-bond donors (Lipinski definition) is 0. The number of ether oxygens (including phenoxy) is 2. The van der Waals surface area contributed by atoms with Gasteiger partial charge in [-0.1, -0.05) is 25.1 Å². The number of esters is 1. The maximum atomic E-state index is 12.1. The number of benzene rings is 1. The highest BCUT2D eigenvalue weighted by atomic mass is 16.6. The summed E-state index contributed by atoms with van der Waals surface area (Å²) in [6.45, 7) is 3.94. The lowest BCUT2D eigenvalue weighted by Gasteiger charge is -2.11. The van der Waals surface area contributed by atoms with Crippen LogP contribution in [0.2, 0.25) is 0 Å². The van der Waals surface area contributed by atoms with Crippen LogP contribution in [0.25, 0.3) is 17.0 Å². The Morgan fingerprint density at radius 1 is 1.43 bits per heavy atom. The smallest absolute Gasteiger partial charge is 0.349 e. The lowest BCUT2D eigenvalue weighted by molar-refractivity contribution is -0.145. The Labute approximate surface area is 135 Å². The van der Waals surface area contributed by atoms with E-state index in [1.807, 2.05) is 37.3 Å². The molecule has 1 aromatic heterocycles. The van der Waals surface area contributed by atoms with Gasteiger partial charge in [-0.2, -0.15) is 5.26 Å². The van der Waals surface area contributed by atoms with E-state index in [0.29, 0.717) is 6.42 Å². The molecule has 0 amide bonds. The van der Waals surface area contributed by atoms with Gasteiger partial charge in [0.1, 0.15) is 29.1 Å². The number of rotatable bonds is 6. The van der Waals surface area contributed by atoms with Crippen LogP contribution in [0.3, 0.4) is 0 Å². The maximum absolute atomic E-state index is 12.1. The van der Waals surface area contributed by atoms with Crippen molar-refractivity contribution in [3.05, 3.63) is 41.2 Å². The van der Waals surface area contributed by atoms with Crippen LogP contribution in [0.1, 0.15) is 25.2 Å². The molecule has 0 unspecified atom stereocenters. The van der Waals surface area contributed by atoms with Crippen molar-refractivity contribution in [2.75, 3.05) is 13.7 Å². The number of carbonyl (C=O) groups excluding carboxylic acids is 1. The van der Waals surface area contributed by atoms with E-state index in [0.717, 1.165) is 22.3 Å². The number of nitrogens with zero attached hydrogens (tertiary/aromatic N) is 1. The summed E-state index contributed by atoms with van der Waals surface area (Å²) in [5, 5.41) is 10.2. The molecule has 120 valence electrons. The van der Waals surface area contributed by atoms with Gasteiger partial charge in [0.15, 0.2) is 0 Å². The summed E-state index contributed by atoms with van der Waals surface area (Å²) in [5.41, 5.74) is 1.42. The van der Waals surface area contributed by atoms with Crippen LogP contribution in [-0.4, -0.2) is 25.8 Å². The zero-order valence-corrected chi connectivity index (χ0v) is 13.5. The van der Waals surface area contributed by atoms with Gasteiger partial charge in [0, 0.05) is 24.5 Å². The van der Waals surface area contributed by atoms with Gasteiger partial charge in [-0.3, -0.25) is 0 Å². The van der Waals surface area contributed by atoms with Crippen LogP contribution < -0.4 is 0 Å². The Morgan fingerprint density at radius 2 is 2.17 bits per heavy atom. The van der Waals surface area contributed by atoms with Gasteiger partial charge in [-0.15, -0.1) is 0 Å². The van der Waals surface area contributed by atoms with Crippen molar-refractivity contribution in [1.29, 1.82) is 5.26 Å². The predicted octanol–water partition coefficient (Wildman–Crippen LogP) is 3.48. The lowest BCUT2D eigenvalue weighted by Crippen LogP contribution is -2.20. The zero-order chi connectivity index (χ0) is 16.8. The van der Waals surface area contributed by atoms with Gasteiger partial charge < -0.3 is 13.9 Å². The van der Waals surface area contributed by atoms with Crippen molar-refractivity contribution in [2.24, 2.45) is 0 Å². The Bertz CT molecular complexity index is 767. The predicted molar refractivity (Wildman–Crippen MR) is 86.6 cm³/mol. The minimum absolute atomic E-state index is 0.0609. The molecule has 0 saturated carbocycles. The standard InChI is InChI=1S/C18H19NO4/c1-4-16-15(14-7-5-6-8-17(14)23-16)9-13(10-19)18(20)22-12(2)11-21-3/h5-9,12H,4,11H2,1-3H3/b13-9+/t12-/m0/s1. The third-order valence-electron chi connectivity index (χ3n) is 3.37. The lowest BCUT2D eigenvalue weighted by atomic mass is 10.1. The van der Waals surface area contributed by atoms with Crippen LogP contribution in [0.15, 0.2) is 34.3 Å². The molecule has 0 aliphatic heterocycles. The number of hydrogen-bond acceptors (Lipinski definition) is 5. The molecule has 1 heterocycles. The third-order valence-corrected chi connectivity index (χ3v) is 3.37. The SMILES string of the molecule is CCc1oc2ccccc2c1/C=C(\C#N)C(=O)O[C@@H](C)COC. The molecule has 2 rings (SSSR count). The van der Waals surface area contributed by atoms with E-state index >= 15 is 0 Å². The molecule has 0 saturated heterocycles. The van der Waals surface area contributed by atoms with Gasteiger partial charge in [0.2, 0.25) is 0 Å². The molecule has 0 bridgehead atoms. The molecule has 23 heavy (non-hydrogen) atoms. The second kappa shape index (κ2) is 7.61. The van der Waals surface area contributed by atoms with E-state index < -0.39 is 12.1 Å². The summed E-state index contributed by atoms with van der Waals surface area (Å²) < 4.78 is 15.9. The molecule has 1 aromatic carbocycles. The molecule has 0 spiro atoms. The van der Waals surface area contributed by atoms with Crippen molar-refractivity contribution in [3.8, 4) is 6.07 Å². The topological polar surface area (TPSA) is 72.5 Å². The first-order valence-corrected chi connectivity index (χ1v) is 7.42. The first-order chi connectivity index (χ1) is 11.1. The average molecular weight is 313 g/mol. The molecular weight excluding hydrogens is 294 g/mol. The summed E-state index contributed by atoms with van der Waals surface area (Å²) >= 11 is 0. The zero-order valence-electron chi connectivity index (χ0n) is 13.5.